The van der Waals surface area contributed by atoms with Crippen LogP contribution in [-0.4, -0.2) is 5.91 Å². The second-order valence-corrected chi connectivity index (χ2v) is 3.29. The van der Waals surface area contributed by atoms with E-state index in [1.54, 1.807) is 6.08 Å². The molecule has 1 aliphatic rings. The van der Waals surface area contributed by atoms with E-state index in [1.807, 2.05) is 30.3 Å². The Kier molecular flexibility index (Phi) is 1.87. The Morgan fingerprint density at radius 1 is 1.17 bits per heavy atom. The summed E-state index contributed by atoms with van der Waals surface area (Å²) in [5.41, 5.74) is 1.08. The number of carbonyl (C=O) groups excluding carboxylic acids is 1. The first kappa shape index (κ1) is 7.43. The van der Waals surface area contributed by atoms with Gasteiger partial charge in [-0.15, -0.1) is 0 Å². The van der Waals surface area contributed by atoms with Crippen LogP contribution in [0.5, 0.6) is 0 Å². The van der Waals surface area contributed by atoms with Crippen LogP contribution in [0.4, 0.5) is 0 Å². The van der Waals surface area contributed by atoms with Gasteiger partial charge >= 0.3 is 0 Å². The first-order valence-electron chi connectivity index (χ1n) is 3.60. The van der Waals surface area contributed by atoms with Crippen molar-refractivity contribution in [1.29, 1.82) is 0 Å². The van der Waals surface area contributed by atoms with Gasteiger partial charge in [-0.2, -0.15) is 0 Å². The molecule has 0 bridgehead atoms. The van der Waals surface area contributed by atoms with Crippen LogP contribution in [0.3, 0.4) is 0 Å². The minimum absolute atomic E-state index is 0.0591. The van der Waals surface area contributed by atoms with Crippen LogP contribution in [0, 0.1) is 0 Å². The lowest BCUT2D eigenvalue weighted by atomic mass is 10.2. The minimum atomic E-state index is -0.0591. The van der Waals surface area contributed by atoms with Crippen LogP contribution in [0.1, 0.15) is 5.56 Å². The van der Waals surface area contributed by atoms with Gasteiger partial charge in [-0.1, -0.05) is 18.2 Å². The lowest BCUT2D eigenvalue weighted by Crippen LogP contribution is -2.10. The zero-order valence-electron chi connectivity index (χ0n) is 6.28. The van der Waals surface area contributed by atoms with E-state index in [9.17, 15) is 4.79 Å². The van der Waals surface area contributed by atoms with Crippen molar-refractivity contribution in [2.45, 2.75) is 4.90 Å². The van der Waals surface area contributed by atoms with Crippen LogP contribution in [0.15, 0.2) is 35.2 Å². The second-order valence-electron chi connectivity index (χ2n) is 2.44. The zero-order valence-corrected chi connectivity index (χ0v) is 7.10. The number of rotatable bonds is 0. The number of benzene rings is 1. The highest BCUT2D eigenvalue weighted by molar-refractivity contribution is 7.98. The standard InChI is InChI=1S/C9H7NOS/c11-9-6-5-7-3-1-2-4-8(7)12-10-9/h1-6H,(H,10,11). The van der Waals surface area contributed by atoms with Crippen molar-refractivity contribution in [1.82, 2.24) is 4.72 Å². The molecule has 3 heteroatoms. The lowest BCUT2D eigenvalue weighted by Gasteiger charge is -2.00. The highest BCUT2D eigenvalue weighted by Gasteiger charge is 2.05. The maximum absolute atomic E-state index is 10.9. The Hall–Kier alpha value is -1.22. The predicted molar refractivity (Wildman–Crippen MR) is 49.5 cm³/mol. The summed E-state index contributed by atoms with van der Waals surface area (Å²) >= 11 is 1.36. The highest BCUT2D eigenvalue weighted by atomic mass is 32.2. The van der Waals surface area contributed by atoms with E-state index in [0.29, 0.717) is 0 Å². The molecule has 0 radical (unpaired) electrons. The molecular formula is C9H7NOS. The van der Waals surface area contributed by atoms with E-state index in [-0.39, 0.29) is 5.91 Å². The molecule has 0 unspecified atom stereocenters. The molecule has 1 N–H and O–H groups in total. The van der Waals surface area contributed by atoms with E-state index in [0.717, 1.165) is 10.5 Å². The first-order chi connectivity index (χ1) is 5.86. The molecule has 1 amide bonds. The minimum Gasteiger partial charge on any atom is -0.292 e. The van der Waals surface area contributed by atoms with Crippen molar-refractivity contribution in [2.24, 2.45) is 0 Å². The molecule has 1 heterocycles. The van der Waals surface area contributed by atoms with Crippen molar-refractivity contribution in [3.05, 3.63) is 35.9 Å². The first-order valence-corrected chi connectivity index (χ1v) is 4.42. The summed E-state index contributed by atoms with van der Waals surface area (Å²) in [5.74, 6) is -0.0591. The summed E-state index contributed by atoms with van der Waals surface area (Å²) in [6, 6.07) is 7.88. The van der Waals surface area contributed by atoms with E-state index in [2.05, 4.69) is 4.72 Å². The summed E-state index contributed by atoms with van der Waals surface area (Å²) < 4.78 is 2.69. The molecule has 12 heavy (non-hydrogen) atoms. The quantitative estimate of drug-likeness (QED) is 0.612. The number of nitrogens with one attached hydrogen (secondary N) is 1. The van der Waals surface area contributed by atoms with Crippen molar-refractivity contribution in [3.8, 4) is 0 Å². The summed E-state index contributed by atoms with van der Waals surface area (Å²) in [6.45, 7) is 0. The van der Waals surface area contributed by atoms with Gasteiger partial charge < -0.3 is 0 Å². The Labute approximate surface area is 74.8 Å². The fourth-order valence-electron chi connectivity index (χ4n) is 1.02. The fourth-order valence-corrected chi connectivity index (χ4v) is 1.70. The maximum atomic E-state index is 10.9. The van der Waals surface area contributed by atoms with Gasteiger partial charge in [0.15, 0.2) is 0 Å². The molecule has 1 aromatic carbocycles. The molecule has 0 fully saturated rings. The van der Waals surface area contributed by atoms with E-state index >= 15 is 0 Å². The Morgan fingerprint density at radius 2 is 2.00 bits per heavy atom. The molecule has 0 atom stereocenters. The highest BCUT2D eigenvalue weighted by Crippen LogP contribution is 2.22. The third-order valence-corrected chi connectivity index (χ3v) is 2.49. The number of carbonyl (C=O) groups is 1. The summed E-state index contributed by atoms with van der Waals surface area (Å²) in [7, 11) is 0. The van der Waals surface area contributed by atoms with Gasteiger partial charge in [0.25, 0.3) is 5.91 Å². The van der Waals surface area contributed by atoms with Gasteiger partial charge in [-0.3, -0.25) is 9.52 Å². The Balaban J connectivity index is 2.45. The average molecular weight is 177 g/mol. The van der Waals surface area contributed by atoms with Crippen LogP contribution < -0.4 is 4.72 Å². The van der Waals surface area contributed by atoms with Gasteiger partial charge in [0, 0.05) is 11.0 Å². The zero-order chi connectivity index (χ0) is 8.39. The molecule has 2 nitrogen and oxygen atoms in total. The Bertz CT molecular complexity index is 346. The second kappa shape index (κ2) is 3.03. The number of fused-ring (bicyclic) bond motifs is 1. The van der Waals surface area contributed by atoms with Gasteiger partial charge in [0.05, 0.1) is 0 Å². The average Bonchev–Trinajstić information content (AvgIpc) is 2.29. The van der Waals surface area contributed by atoms with E-state index in [4.69, 9.17) is 0 Å². The molecule has 60 valence electrons. The summed E-state index contributed by atoms with van der Waals surface area (Å²) in [6.07, 6.45) is 3.36. The lowest BCUT2D eigenvalue weighted by molar-refractivity contribution is -0.114. The normalized spacial score (nSPS) is 14.8. The fraction of sp³-hybridized carbons (Fsp3) is 0. The number of hydrogen-bond donors (Lipinski definition) is 1. The van der Waals surface area contributed by atoms with Gasteiger partial charge in [-0.05, 0) is 29.7 Å². The summed E-state index contributed by atoms with van der Waals surface area (Å²) in [5, 5.41) is 0. The topological polar surface area (TPSA) is 29.1 Å². The van der Waals surface area contributed by atoms with Crippen molar-refractivity contribution in [2.75, 3.05) is 0 Å². The monoisotopic (exact) mass is 177 g/mol. The Morgan fingerprint density at radius 3 is 2.92 bits per heavy atom. The molecule has 1 aliphatic heterocycles. The van der Waals surface area contributed by atoms with Crippen LogP contribution in [0.25, 0.3) is 6.08 Å². The molecule has 0 aliphatic carbocycles. The SMILES string of the molecule is O=C1C=Cc2ccccc2SN1. The largest absolute Gasteiger partial charge is 0.292 e. The van der Waals surface area contributed by atoms with Crippen molar-refractivity contribution in [3.63, 3.8) is 0 Å². The van der Waals surface area contributed by atoms with Gasteiger partial charge in [0.2, 0.25) is 0 Å². The van der Waals surface area contributed by atoms with Crippen LogP contribution in [-0.2, 0) is 4.79 Å². The summed E-state index contributed by atoms with van der Waals surface area (Å²) in [4.78, 5) is 12.0. The van der Waals surface area contributed by atoms with Gasteiger partial charge in [-0.25, -0.2) is 0 Å². The third-order valence-electron chi connectivity index (χ3n) is 1.59. The molecule has 0 saturated carbocycles. The van der Waals surface area contributed by atoms with Gasteiger partial charge in [0.1, 0.15) is 0 Å². The van der Waals surface area contributed by atoms with Crippen LogP contribution in [0.2, 0.25) is 0 Å². The maximum Gasteiger partial charge on any atom is 0.254 e. The molecule has 0 saturated heterocycles. The van der Waals surface area contributed by atoms with E-state index < -0.39 is 0 Å². The molecule has 0 aromatic heterocycles. The smallest absolute Gasteiger partial charge is 0.254 e. The van der Waals surface area contributed by atoms with Crippen molar-refractivity contribution < 1.29 is 4.79 Å². The van der Waals surface area contributed by atoms with Crippen LogP contribution >= 0.6 is 11.9 Å². The number of hydrogen-bond acceptors (Lipinski definition) is 2. The number of amides is 1. The third kappa shape index (κ3) is 1.36. The molecule has 1 aromatic rings. The van der Waals surface area contributed by atoms with E-state index in [1.165, 1.54) is 11.9 Å². The van der Waals surface area contributed by atoms with Crippen molar-refractivity contribution >= 4 is 23.9 Å². The molecular weight excluding hydrogens is 170 g/mol. The molecule has 2 rings (SSSR count). The molecule has 0 spiro atoms. The predicted octanol–water partition coefficient (Wildman–Crippen LogP) is 1.84.